The van der Waals surface area contributed by atoms with Crippen molar-refractivity contribution in [2.24, 2.45) is 0 Å². The van der Waals surface area contributed by atoms with E-state index in [1.807, 2.05) is 31.2 Å². The molecule has 1 aromatic carbocycles. The molecule has 1 unspecified atom stereocenters. The third-order valence-electron chi connectivity index (χ3n) is 4.09. The average molecular weight is 344 g/mol. The first-order valence-electron chi connectivity index (χ1n) is 7.97. The zero-order valence-electron chi connectivity index (χ0n) is 14.7. The lowest BCUT2D eigenvalue weighted by atomic mass is 9.85. The molecule has 0 amide bonds. The van der Waals surface area contributed by atoms with Crippen LogP contribution in [-0.4, -0.2) is 15.6 Å². The van der Waals surface area contributed by atoms with Gasteiger partial charge in [0.1, 0.15) is 11.6 Å². The van der Waals surface area contributed by atoms with Gasteiger partial charge in [0.05, 0.1) is 16.8 Å². The Balaban J connectivity index is 2.42. The first kappa shape index (κ1) is 18.2. The van der Waals surface area contributed by atoms with E-state index in [-0.39, 0.29) is 11.2 Å². The summed E-state index contributed by atoms with van der Waals surface area (Å²) in [5.74, 6) is -1.20. The number of hydrogen-bond donors (Lipinski definition) is 0. The van der Waals surface area contributed by atoms with E-state index in [2.05, 4.69) is 31.9 Å². The van der Waals surface area contributed by atoms with Crippen molar-refractivity contribution < 1.29 is 4.79 Å². The fourth-order valence-corrected chi connectivity index (χ4v) is 2.85. The summed E-state index contributed by atoms with van der Waals surface area (Å²) in [7, 11) is 0. The van der Waals surface area contributed by atoms with E-state index in [4.69, 9.17) is 11.6 Å². The quantitative estimate of drug-likeness (QED) is 0.759. The van der Waals surface area contributed by atoms with Gasteiger partial charge in [0.25, 0.3) is 0 Å². The van der Waals surface area contributed by atoms with Crippen molar-refractivity contribution in [2.45, 2.75) is 52.5 Å². The van der Waals surface area contributed by atoms with Crippen molar-refractivity contribution in [3.63, 3.8) is 0 Å². The first-order chi connectivity index (χ1) is 11.2. The summed E-state index contributed by atoms with van der Waals surface area (Å²) in [6, 6.07) is 9.75. The summed E-state index contributed by atoms with van der Waals surface area (Å²) in [6.07, 6.45) is 0. The predicted octanol–water partition coefficient (Wildman–Crippen LogP) is 4.65. The molecular weight excluding hydrogens is 322 g/mol. The largest absolute Gasteiger partial charge is 0.291 e. The maximum absolute atomic E-state index is 12.9. The molecule has 0 bridgehead atoms. The van der Waals surface area contributed by atoms with Crippen molar-refractivity contribution in [2.75, 3.05) is 0 Å². The molecule has 0 fully saturated rings. The molecule has 2 aromatic rings. The molecule has 0 spiro atoms. The maximum atomic E-state index is 12.9. The highest BCUT2D eigenvalue weighted by atomic mass is 35.5. The molecule has 1 aromatic heterocycles. The van der Waals surface area contributed by atoms with Crippen LogP contribution in [0.1, 0.15) is 60.9 Å². The van der Waals surface area contributed by atoms with Crippen LogP contribution in [0, 0.1) is 18.3 Å². The second-order valence-electron chi connectivity index (χ2n) is 6.86. The standard InChI is InChI=1S/C19H22ClN3O/c1-6-23-17(16(20)12(2)22-23)18(24)15(11-21)13-7-9-14(10-8-13)19(3,4)5/h7-10,15H,6H2,1-5H3. The fraction of sp³-hybridized carbons (Fsp3) is 0.421. The predicted molar refractivity (Wildman–Crippen MR) is 95.5 cm³/mol. The number of aromatic nitrogens is 2. The zero-order valence-corrected chi connectivity index (χ0v) is 15.5. The Bertz CT molecular complexity index is 792. The van der Waals surface area contributed by atoms with Crippen molar-refractivity contribution in [3.8, 4) is 6.07 Å². The topological polar surface area (TPSA) is 58.7 Å². The van der Waals surface area contributed by atoms with Crippen molar-refractivity contribution >= 4 is 17.4 Å². The molecule has 0 aliphatic heterocycles. The van der Waals surface area contributed by atoms with Crippen LogP contribution in [0.15, 0.2) is 24.3 Å². The number of benzene rings is 1. The lowest BCUT2D eigenvalue weighted by Crippen LogP contribution is -2.17. The van der Waals surface area contributed by atoms with Gasteiger partial charge in [-0.05, 0) is 30.4 Å². The molecule has 0 radical (unpaired) electrons. The second kappa shape index (κ2) is 6.78. The van der Waals surface area contributed by atoms with Crippen LogP contribution in [0.4, 0.5) is 0 Å². The SMILES string of the molecule is CCn1nc(C)c(Cl)c1C(=O)C(C#N)c1ccc(C(C)(C)C)cc1. The van der Waals surface area contributed by atoms with E-state index in [1.165, 1.54) is 0 Å². The highest BCUT2D eigenvalue weighted by Crippen LogP contribution is 2.29. The van der Waals surface area contributed by atoms with Crippen LogP contribution in [-0.2, 0) is 12.0 Å². The monoisotopic (exact) mass is 343 g/mol. The summed E-state index contributed by atoms with van der Waals surface area (Å²) in [4.78, 5) is 12.9. The Labute approximate surface area is 148 Å². The number of hydrogen-bond acceptors (Lipinski definition) is 3. The van der Waals surface area contributed by atoms with Gasteiger partial charge in [-0.1, -0.05) is 56.6 Å². The Morgan fingerprint density at radius 3 is 2.38 bits per heavy atom. The van der Waals surface area contributed by atoms with Crippen LogP contribution >= 0.6 is 11.6 Å². The second-order valence-corrected chi connectivity index (χ2v) is 7.24. The lowest BCUT2D eigenvalue weighted by Gasteiger charge is -2.19. The molecular formula is C19H22ClN3O. The van der Waals surface area contributed by atoms with Gasteiger partial charge in [-0.15, -0.1) is 0 Å². The van der Waals surface area contributed by atoms with Crippen molar-refractivity contribution in [1.82, 2.24) is 9.78 Å². The van der Waals surface area contributed by atoms with E-state index in [0.717, 1.165) is 5.56 Å². The first-order valence-corrected chi connectivity index (χ1v) is 8.35. The molecule has 0 saturated heterocycles. The van der Waals surface area contributed by atoms with Gasteiger partial charge in [-0.25, -0.2) is 0 Å². The van der Waals surface area contributed by atoms with E-state index in [0.29, 0.717) is 28.5 Å². The molecule has 24 heavy (non-hydrogen) atoms. The normalized spacial score (nSPS) is 12.7. The van der Waals surface area contributed by atoms with Gasteiger partial charge in [0, 0.05) is 6.54 Å². The van der Waals surface area contributed by atoms with Gasteiger partial charge < -0.3 is 0 Å². The minimum atomic E-state index is -0.891. The average Bonchev–Trinajstić information content (AvgIpc) is 2.82. The number of halogens is 1. The summed E-state index contributed by atoms with van der Waals surface area (Å²) in [5.41, 5.74) is 2.76. The van der Waals surface area contributed by atoms with Crippen LogP contribution in [0.3, 0.4) is 0 Å². The van der Waals surface area contributed by atoms with Gasteiger partial charge in [0.15, 0.2) is 0 Å². The van der Waals surface area contributed by atoms with Crippen LogP contribution in [0.5, 0.6) is 0 Å². The number of carbonyl (C=O) groups excluding carboxylic acids is 1. The minimum absolute atomic E-state index is 0.0198. The molecule has 126 valence electrons. The van der Waals surface area contributed by atoms with E-state index < -0.39 is 5.92 Å². The molecule has 4 nitrogen and oxygen atoms in total. The number of Topliss-reactive ketones (excluding diaryl/α,β-unsaturated/α-hetero) is 1. The Hall–Kier alpha value is -2.12. The van der Waals surface area contributed by atoms with Crippen LogP contribution < -0.4 is 0 Å². The fourth-order valence-electron chi connectivity index (χ4n) is 2.62. The molecule has 0 aliphatic rings. The highest BCUT2D eigenvalue weighted by molar-refractivity contribution is 6.34. The Morgan fingerprint density at radius 2 is 1.92 bits per heavy atom. The Kier molecular flexibility index (Phi) is 5.15. The van der Waals surface area contributed by atoms with Gasteiger partial charge in [0.2, 0.25) is 5.78 Å². The van der Waals surface area contributed by atoms with Gasteiger partial charge >= 0.3 is 0 Å². The smallest absolute Gasteiger partial charge is 0.203 e. The van der Waals surface area contributed by atoms with Crippen molar-refractivity contribution in [3.05, 3.63) is 51.8 Å². The molecule has 5 heteroatoms. The number of carbonyl (C=O) groups is 1. The summed E-state index contributed by atoms with van der Waals surface area (Å²) < 4.78 is 1.56. The number of ketones is 1. The molecule has 1 atom stereocenters. The number of rotatable bonds is 4. The third kappa shape index (κ3) is 3.37. The molecule has 0 saturated carbocycles. The minimum Gasteiger partial charge on any atom is -0.291 e. The summed E-state index contributed by atoms with van der Waals surface area (Å²) in [5, 5.41) is 14.1. The third-order valence-corrected chi connectivity index (χ3v) is 4.54. The van der Waals surface area contributed by atoms with Crippen LogP contribution in [0.2, 0.25) is 5.02 Å². The highest BCUT2D eigenvalue weighted by Gasteiger charge is 2.28. The van der Waals surface area contributed by atoms with Gasteiger partial charge in [-0.3, -0.25) is 9.48 Å². The molecule has 1 heterocycles. The van der Waals surface area contributed by atoms with Gasteiger partial charge in [-0.2, -0.15) is 10.4 Å². The molecule has 0 N–H and O–H groups in total. The van der Waals surface area contributed by atoms with E-state index in [9.17, 15) is 10.1 Å². The van der Waals surface area contributed by atoms with E-state index >= 15 is 0 Å². The number of aryl methyl sites for hydroxylation is 2. The number of nitrogens with zero attached hydrogens (tertiary/aromatic N) is 3. The Morgan fingerprint density at radius 1 is 1.33 bits per heavy atom. The summed E-state index contributed by atoms with van der Waals surface area (Å²) >= 11 is 6.25. The van der Waals surface area contributed by atoms with E-state index in [1.54, 1.807) is 11.6 Å². The summed E-state index contributed by atoms with van der Waals surface area (Å²) in [6.45, 7) is 10.5. The molecule has 2 rings (SSSR count). The zero-order chi connectivity index (χ0) is 18.1. The maximum Gasteiger partial charge on any atom is 0.203 e. The lowest BCUT2D eigenvalue weighted by molar-refractivity contribution is 0.0968. The van der Waals surface area contributed by atoms with Crippen molar-refractivity contribution in [1.29, 1.82) is 5.26 Å². The number of nitriles is 1. The van der Waals surface area contributed by atoms with Crippen LogP contribution in [0.25, 0.3) is 0 Å². The molecule has 0 aliphatic carbocycles.